The molecule has 36 heavy (non-hydrogen) atoms. The summed E-state index contributed by atoms with van der Waals surface area (Å²) in [5.41, 5.74) is 1.38. The number of nitrogens with zero attached hydrogens (tertiary/aromatic N) is 1. The van der Waals surface area contributed by atoms with Crippen molar-refractivity contribution >= 4 is 21.4 Å². The molecule has 3 atom stereocenters. The molecule has 0 bridgehead atoms. The van der Waals surface area contributed by atoms with Gasteiger partial charge in [-0.3, -0.25) is 0 Å². The first kappa shape index (κ1) is 24.4. The van der Waals surface area contributed by atoms with Crippen LogP contribution in [0.3, 0.4) is 0 Å². The Labute approximate surface area is 204 Å². The predicted octanol–water partition coefficient (Wildman–Crippen LogP) is 3.94. The van der Waals surface area contributed by atoms with Crippen LogP contribution in [-0.4, -0.2) is 51.3 Å². The van der Waals surface area contributed by atoms with Crippen molar-refractivity contribution in [1.82, 2.24) is 4.72 Å². The Balaban J connectivity index is 1.39. The zero-order valence-electron chi connectivity index (χ0n) is 18.6. The molecule has 0 radical (unpaired) electrons. The number of alkyl halides is 3. The lowest BCUT2D eigenvalue weighted by atomic mass is 9.98. The molecule has 2 N–H and O–H groups in total. The third kappa shape index (κ3) is 4.85. The standard InChI is InChI=1S/C24H21F3N2O6S/c25-24(26,27)35-15-9-11-16(12-10-15)36(31,32)28-17-13-33-14-20(23(17)30)29-18-5-1-3-7-21(18)34-22-8-4-2-6-19(22)29/h1-12,17,20,23,28,30H,13-14H2/t17-,20+,23+/m0/s1. The molecular formula is C24H21F3N2O6S. The second-order valence-electron chi connectivity index (χ2n) is 8.25. The summed E-state index contributed by atoms with van der Waals surface area (Å²) in [7, 11) is -4.20. The van der Waals surface area contributed by atoms with Crippen molar-refractivity contribution in [2.45, 2.75) is 29.4 Å². The molecular weight excluding hydrogens is 501 g/mol. The van der Waals surface area contributed by atoms with Gasteiger partial charge in [0, 0.05) is 0 Å². The number of fused-ring (bicyclic) bond motifs is 2. The summed E-state index contributed by atoms with van der Waals surface area (Å²) >= 11 is 0. The van der Waals surface area contributed by atoms with Crippen LogP contribution in [0.25, 0.3) is 0 Å². The Hall–Kier alpha value is -3.32. The van der Waals surface area contributed by atoms with Gasteiger partial charge in [-0.1, -0.05) is 24.3 Å². The van der Waals surface area contributed by atoms with Crippen LogP contribution in [0.15, 0.2) is 77.7 Å². The number of sulfonamides is 1. The Morgan fingerprint density at radius 3 is 2.08 bits per heavy atom. The maximum atomic E-state index is 12.9. The minimum Gasteiger partial charge on any atom is -0.453 e. The van der Waals surface area contributed by atoms with E-state index in [0.29, 0.717) is 22.9 Å². The van der Waals surface area contributed by atoms with E-state index in [2.05, 4.69) is 9.46 Å². The zero-order chi connectivity index (χ0) is 25.5. The van der Waals surface area contributed by atoms with Gasteiger partial charge in [-0.15, -0.1) is 13.2 Å². The lowest BCUT2D eigenvalue weighted by Gasteiger charge is -2.44. The molecule has 2 aliphatic heterocycles. The molecule has 1 fully saturated rings. The minimum absolute atomic E-state index is 0.0974. The van der Waals surface area contributed by atoms with Gasteiger partial charge < -0.3 is 24.2 Å². The van der Waals surface area contributed by atoms with Gasteiger partial charge in [0.15, 0.2) is 11.5 Å². The first-order valence-corrected chi connectivity index (χ1v) is 12.4. The summed E-state index contributed by atoms with van der Waals surface area (Å²) in [6, 6.07) is 16.6. The van der Waals surface area contributed by atoms with Crippen LogP contribution < -0.4 is 19.1 Å². The minimum atomic E-state index is -4.89. The molecule has 0 aromatic heterocycles. The van der Waals surface area contributed by atoms with Crippen LogP contribution >= 0.6 is 0 Å². The van der Waals surface area contributed by atoms with Gasteiger partial charge in [0.25, 0.3) is 0 Å². The van der Waals surface area contributed by atoms with Crippen molar-refractivity contribution in [3.63, 3.8) is 0 Å². The molecule has 0 aliphatic carbocycles. The van der Waals surface area contributed by atoms with E-state index in [1.54, 1.807) is 12.1 Å². The maximum absolute atomic E-state index is 12.9. The maximum Gasteiger partial charge on any atom is 0.573 e. The van der Waals surface area contributed by atoms with E-state index in [-0.39, 0.29) is 18.1 Å². The monoisotopic (exact) mass is 522 g/mol. The highest BCUT2D eigenvalue weighted by Crippen LogP contribution is 2.48. The van der Waals surface area contributed by atoms with Gasteiger partial charge in [-0.2, -0.15) is 0 Å². The van der Waals surface area contributed by atoms with Crippen molar-refractivity contribution in [2.24, 2.45) is 0 Å². The SMILES string of the molecule is O=S(=O)(N[C@H]1COC[C@@H](N2c3ccccc3Oc3ccccc32)[C@@H]1O)c1ccc(OC(F)(F)F)cc1. The van der Waals surface area contributed by atoms with Crippen LogP contribution in [-0.2, 0) is 14.8 Å². The van der Waals surface area contributed by atoms with Gasteiger partial charge in [-0.25, -0.2) is 13.1 Å². The van der Waals surface area contributed by atoms with Gasteiger partial charge in [0.05, 0.1) is 47.7 Å². The summed E-state index contributed by atoms with van der Waals surface area (Å²) in [5, 5.41) is 11.3. The van der Waals surface area contributed by atoms with Crippen molar-refractivity contribution in [2.75, 3.05) is 18.1 Å². The number of hydrogen-bond acceptors (Lipinski definition) is 7. The second kappa shape index (κ2) is 9.28. The Morgan fingerprint density at radius 1 is 0.917 bits per heavy atom. The third-order valence-electron chi connectivity index (χ3n) is 5.87. The van der Waals surface area contributed by atoms with E-state index >= 15 is 0 Å². The highest BCUT2D eigenvalue weighted by molar-refractivity contribution is 7.89. The van der Waals surface area contributed by atoms with E-state index in [1.165, 1.54) is 0 Å². The van der Waals surface area contributed by atoms with Crippen LogP contribution in [0.4, 0.5) is 24.5 Å². The topological polar surface area (TPSA) is 97.3 Å². The van der Waals surface area contributed by atoms with E-state index in [0.717, 1.165) is 24.3 Å². The third-order valence-corrected chi connectivity index (χ3v) is 7.37. The van der Waals surface area contributed by atoms with Gasteiger partial charge in [0.2, 0.25) is 10.0 Å². The highest BCUT2D eigenvalue weighted by atomic mass is 32.2. The molecule has 190 valence electrons. The molecule has 0 saturated carbocycles. The lowest BCUT2D eigenvalue weighted by molar-refractivity contribution is -0.274. The number of benzene rings is 3. The Bertz CT molecular complexity index is 1300. The number of para-hydroxylation sites is 4. The molecule has 3 aromatic rings. The van der Waals surface area contributed by atoms with Crippen LogP contribution in [0.2, 0.25) is 0 Å². The fraction of sp³-hybridized carbons (Fsp3) is 0.250. The summed E-state index contributed by atoms with van der Waals surface area (Å²) in [6.07, 6.45) is -6.09. The number of hydrogen-bond donors (Lipinski definition) is 2. The first-order valence-electron chi connectivity index (χ1n) is 10.9. The summed E-state index contributed by atoms with van der Waals surface area (Å²) < 4.78 is 81.0. The quantitative estimate of drug-likeness (QED) is 0.524. The molecule has 8 nitrogen and oxygen atoms in total. The Morgan fingerprint density at radius 2 is 1.50 bits per heavy atom. The molecule has 5 rings (SSSR count). The van der Waals surface area contributed by atoms with Gasteiger partial charge >= 0.3 is 6.36 Å². The fourth-order valence-corrected chi connectivity index (χ4v) is 5.53. The lowest BCUT2D eigenvalue weighted by Crippen LogP contribution is -2.60. The highest BCUT2D eigenvalue weighted by Gasteiger charge is 2.42. The van der Waals surface area contributed by atoms with E-state index in [4.69, 9.17) is 9.47 Å². The molecule has 3 aromatic carbocycles. The van der Waals surface area contributed by atoms with Gasteiger partial charge in [-0.05, 0) is 48.5 Å². The summed E-state index contributed by atoms with van der Waals surface area (Å²) in [6.45, 7) is 0.0192. The first-order chi connectivity index (χ1) is 17.1. The van der Waals surface area contributed by atoms with Crippen LogP contribution in [0, 0.1) is 0 Å². The van der Waals surface area contributed by atoms with E-state index < -0.39 is 40.3 Å². The number of halogens is 3. The largest absolute Gasteiger partial charge is 0.573 e. The number of rotatable bonds is 5. The number of anilines is 2. The summed E-state index contributed by atoms with van der Waals surface area (Å²) in [5.74, 6) is 0.603. The fourth-order valence-electron chi connectivity index (χ4n) is 4.29. The Kier molecular flexibility index (Phi) is 6.29. The normalized spacial score (nSPS) is 21.8. The smallest absolute Gasteiger partial charge is 0.453 e. The molecule has 1 saturated heterocycles. The molecule has 0 unspecified atom stereocenters. The molecule has 2 aliphatic rings. The predicted molar refractivity (Wildman–Crippen MR) is 123 cm³/mol. The molecule has 0 spiro atoms. The molecule has 12 heteroatoms. The van der Waals surface area contributed by atoms with Crippen molar-refractivity contribution < 1.29 is 40.9 Å². The average molecular weight is 523 g/mol. The van der Waals surface area contributed by atoms with Crippen molar-refractivity contribution in [1.29, 1.82) is 0 Å². The van der Waals surface area contributed by atoms with Crippen molar-refractivity contribution in [3.05, 3.63) is 72.8 Å². The van der Waals surface area contributed by atoms with Crippen LogP contribution in [0.5, 0.6) is 17.2 Å². The number of nitrogens with one attached hydrogen (secondary N) is 1. The average Bonchev–Trinajstić information content (AvgIpc) is 2.83. The van der Waals surface area contributed by atoms with Crippen molar-refractivity contribution in [3.8, 4) is 17.2 Å². The number of aliphatic hydroxyl groups is 1. The summed E-state index contributed by atoms with van der Waals surface area (Å²) in [4.78, 5) is 1.58. The van der Waals surface area contributed by atoms with E-state index in [9.17, 15) is 26.7 Å². The molecule has 0 amide bonds. The zero-order valence-corrected chi connectivity index (χ0v) is 19.4. The van der Waals surface area contributed by atoms with E-state index in [1.807, 2.05) is 41.3 Å². The van der Waals surface area contributed by atoms with Crippen LogP contribution in [0.1, 0.15) is 0 Å². The second-order valence-corrected chi connectivity index (χ2v) is 9.96. The van der Waals surface area contributed by atoms with Gasteiger partial charge in [0.1, 0.15) is 5.75 Å². The molecule has 2 heterocycles. The number of aliphatic hydroxyl groups excluding tert-OH is 1. The number of ether oxygens (including phenoxy) is 3.